The molecule has 1 aromatic heterocycles. The summed E-state index contributed by atoms with van der Waals surface area (Å²) in [4.78, 5) is 17.1. The van der Waals surface area contributed by atoms with E-state index in [1.807, 2.05) is 24.4 Å². The van der Waals surface area contributed by atoms with Crippen LogP contribution in [0.25, 0.3) is 0 Å². The molecule has 0 fully saturated rings. The third-order valence-electron chi connectivity index (χ3n) is 2.80. The molecule has 8 heteroatoms. The van der Waals surface area contributed by atoms with Gasteiger partial charge in [0.05, 0.1) is 5.02 Å². The van der Waals surface area contributed by atoms with Gasteiger partial charge >= 0.3 is 0 Å². The molecule has 1 unspecified atom stereocenters. The van der Waals surface area contributed by atoms with Crippen LogP contribution in [0.1, 0.15) is 12.6 Å². The van der Waals surface area contributed by atoms with E-state index >= 15 is 0 Å². The number of nitrogens with two attached hydrogens (primary N) is 1. The highest BCUT2D eigenvalue weighted by molar-refractivity contribution is 8.01. The van der Waals surface area contributed by atoms with Crippen LogP contribution in [0.4, 0.5) is 5.69 Å². The Labute approximate surface area is 149 Å². The molecule has 1 aromatic carbocycles. The number of amides is 1. The van der Waals surface area contributed by atoms with Crippen LogP contribution in [-0.4, -0.2) is 17.4 Å². The molecule has 2 rings (SSSR count). The SMILES string of the molecule is Cc1csc(Sc2ccc(NC(=O)C(C)CN)cc2Cl)n1.Cl. The molecule has 22 heavy (non-hydrogen) atoms. The van der Waals surface area contributed by atoms with Crippen molar-refractivity contribution in [2.24, 2.45) is 11.7 Å². The lowest BCUT2D eigenvalue weighted by atomic mass is 10.1. The molecule has 0 aliphatic rings. The molecule has 0 saturated carbocycles. The number of anilines is 1. The fourth-order valence-electron chi connectivity index (χ4n) is 1.51. The summed E-state index contributed by atoms with van der Waals surface area (Å²) in [5.74, 6) is -0.333. The summed E-state index contributed by atoms with van der Waals surface area (Å²) in [5.41, 5.74) is 7.14. The third-order valence-corrected chi connectivity index (χ3v) is 5.35. The van der Waals surface area contributed by atoms with Gasteiger partial charge in [-0.3, -0.25) is 4.79 Å². The zero-order valence-electron chi connectivity index (χ0n) is 12.1. The molecule has 0 spiro atoms. The van der Waals surface area contributed by atoms with Gasteiger partial charge in [0.15, 0.2) is 4.34 Å². The van der Waals surface area contributed by atoms with E-state index in [0.717, 1.165) is 14.9 Å². The van der Waals surface area contributed by atoms with Crippen molar-refractivity contribution in [3.8, 4) is 0 Å². The van der Waals surface area contributed by atoms with Crippen molar-refractivity contribution >= 4 is 58.7 Å². The quantitative estimate of drug-likeness (QED) is 0.818. The largest absolute Gasteiger partial charge is 0.330 e. The lowest BCUT2D eigenvalue weighted by Crippen LogP contribution is -2.26. The van der Waals surface area contributed by atoms with Gasteiger partial charge in [0.25, 0.3) is 0 Å². The molecule has 1 amide bonds. The Morgan fingerprint density at radius 3 is 2.82 bits per heavy atom. The number of halogens is 2. The number of hydrogen-bond donors (Lipinski definition) is 2. The van der Waals surface area contributed by atoms with E-state index in [0.29, 0.717) is 17.3 Å². The summed E-state index contributed by atoms with van der Waals surface area (Å²) in [6.45, 7) is 4.06. The van der Waals surface area contributed by atoms with Crippen molar-refractivity contribution < 1.29 is 4.79 Å². The summed E-state index contributed by atoms with van der Waals surface area (Å²) >= 11 is 9.36. The highest BCUT2D eigenvalue weighted by atomic mass is 35.5. The lowest BCUT2D eigenvalue weighted by molar-refractivity contribution is -0.119. The first-order chi connectivity index (χ1) is 9.99. The summed E-state index contributed by atoms with van der Waals surface area (Å²) in [7, 11) is 0. The minimum absolute atomic E-state index is 0. The first-order valence-corrected chi connectivity index (χ1v) is 8.47. The number of rotatable bonds is 5. The molecule has 0 saturated heterocycles. The number of carbonyl (C=O) groups excluding carboxylic acids is 1. The standard InChI is InChI=1S/C14H16ClN3OS2.ClH/c1-8(6-16)13(19)18-10-3-4-12(11(15)5-10)21-14-17-9(2)7-20-14;/h3-5,7-8H,6,16H2,1-2H3,(H,18,19);1H. The Morgan fingerprint density at radius 1 is 1.55 bits per heavy atom. The van der Waals surface area contributed by atoms with Gasteiger partial charge in [-0.25, -0.2) is 4.98 Å². The van der Waals surface area contributed by atoms with Gasteiger partial charge in [-0.15, -0.1) is 23.7 Å². The monoisotopic (exact) mass is 377 g/mol. The molecule has 4 nitrogen and oxygen atoms in total. The topological polar surface area (TPSA) is 68.0 Å². The van der Waals surface area contributed by atoms with Crippen molar-refractivity contribution in [2.45, 2.75) is 23.1 Å². The maximum atomic E-state index is 11.8. The molecule has 1 atom stereocenters. The number of aromatic nitrogens is 1. The van der Waals surface area contributed by atoms with E-state index in [1.165, 1.54) is 11.8 Å². The van der Waals surface area contributed by atoms with Gasteiger partial charge in [-0.1, -0.05) is 30.3 Å². The van der Waals surface area contributed by atoms with Gasteiger partial charge < -0.3 is 11.1 Å². The molecule has 0 bridgehead atoms. The molecular weight excluding hydrogens is 361 g/mol. The van der Waals surface area contributed by atoms with Gasteiger partial charge in [0.2, 0.25) is 5.91 Å². The van der Waals surface area contributed by atoms with Crippen LogP contribution in [0.15, 0.2) is 32.8 Å². The molecule has 120 valence electrons. The lowest BCUT2D eigenvalue weighted by Gasteiger charge is -2.11. The molecule has 0 aliphatic heterocycles. The van der Waals surface area contributed by atoms with Crippen LogP contribution in [0.2, 0.25) is 5.02 Å². The average Bonchev–Trinajstić information content (AvgIpc) is 2.86. The number of thiazole rings is 1. The van der Waals surface area contributed by atoms with Crippen molar-refractivity contribution in [3.63, 3.8) is 0 Å². The Morgan fingerprint density at radius 2 is 2.27 bits per heavy atom. The average molecular weight is 378 g/mol. The number of hydrogen-bond acceptors (Lipinski definition) is 5. The third kappa shape index (κ3) is 5.14. The van der Waals surface area contributed by atoms with E-state index in [2.05, 4.69) is 10.3 Å². The van der Waals surface area contributed by atoms with E-state index < -0.39 is 0 Å². The summed E-state index contributed by atoms with van der Waals surface area (Å²) < 4.78 is 0.947. The van der Waals surface area contributed by atoms with E-state index in [4.69, 9.17) is 17.3 Å². The molecule has 0 radical (unpaired) electrons. The van der Waals surface area contributed by atoms with Gasteiger partial charge in [-0.2, -0.15) is 0 Å². The Hall–Kier alpha value is -0.790. The minimum Gasteiger partial charge on any atom is -0.330 e. The van der Waals surface area contributed by atoms with E-state index in [9.17, 15) is 4.79 Å². The van der Waals surface area contributed by atoms with Crippen molar-refractivity contribution in [3.05, 3.63) is 34.3 Å². The molecule has 3 N–H and O–H groups in total. The maximum absolute atomic E-state index is 11.8. The smallest absolute Gasteiger partial charge is 0.228 e. The number of nitrogens with one attached hydrogen (secondary N) is 1. The van der Waals surface area contributed by atoms with Crippen LogP contribution >= 0.6 is 47.1 Å². The fraction of sp³-hybridized carbons (Fsp3) is 0.286. The van der Waals surface area contributed by atoms with Gasteiger partial charge in [0, 0.05) is 34.1 Å². The number of benzene rings is 1. The Balaban J connectivity index is 0.00000242. The second-order valence-electron chi connectivity index (χ2n) is 4.63. The van der Waals surface area contributed by atoms with Crippen molar-refractivity contribution in [2.75, 3.05) is 11.9 Å². The summed E-state index contributed by atoms with van der Waals surface area (Å²) in [6, 6.07) is 5.45. The van der Waals surface area contributed by atoms with Crippen LogP contribution in [0.5, 0.6) is 0 Å². The Bertz CT molecular complexity index is 649. The first kappa shape index (κ1) is 19.3. The van der Waals surface area contributed by atoms with E-state index in [1.54, 1.807) is 24.3 Å². The highest BCUT2D eigenvalue weighted by Gasteiger charge is 2.12. The predicted octanol–water partition coefficient (Wildman–Crippen LogP) is 4.21. The number of carbonyl (C=O) groups is 1. The summed E-state index contributed by atoms with van der Waals surface area (Å²) in [6.07, 6.45) is 0. The molecular formula is C14H17Cl2N3OS2. The predicted molar refractivity (Wildman–Crippen MR) is 96.5 cm³/mol. The fourth-order valence-corrected chi connectivity index (χ4v) is 3.60. The van der Waals surface area contributed by atoms with Crippen molar-refractivity contribution in [1.29, 1.82) is 0 Å². The molecule has 2 aromatic rings. The van der Waals surface area contributed by atoms with Crippen LogP contribution in [0, 0.1) is 12.8 Å². The minimum atomic E-state index is -0.226. The van der Waals surface area contributed by atoms with Crippen LogP contribution in [0.3, 0.4) is 0 Å². The van der Waals surface area contributed by atoms with Gasteiger partial charge in [0.1, 0.15) is 0 Å². The zero-order chi connectivity index (χ0) is 15.4. The summed E-state index contributed by atoms with van der Waals surface area (Å²) in [5, 5.41) is 5.39. The Kier molecular flexibility index (Phi) is 7.65. The number of nitrogens with zero attached hydrogens (tertiary/aromatic N) is 1. The van der Waals surface area contributed by atoms with E-state index in [-0.39, 0.29) is 24.2 Å². The number of aryl methyl sites for hydroxylation is 1. The van der Waals surface area contributed by atoms with Crippen LogP contribution < -0.4 is 11.1 Å². The maximum Gasteiger partial charge on any atom is 0.228 e. The second kappa shape index (κ2) is 8.74. The van der Waals surface area contributed by atoms with Gasteiger partial charge in [-0.05, 0) is 25.1 Å². The van der Waals surface area contributed by atoms with Crippen molar-refractivity contribution in [1.82, 2.24) is 4.98 Å². The molecule has 0 aliphatic carbocycles. The molecule has 1 heterocycles. The highest BCUT2D eigenvalue weighted by Crippen LogP contribution is 2.36. The zero-order valence-corrected chi connectivity index (χ0v) is 15.3. The normalized spacial score (nSPS) is 11.6. The second-order valence-corrected chi connectivity index (χ2v) is 7.18. The first-order valence-electron chi connectivity index (χ1n) is 6.40. The van der Waals surface area contributed by atoms with Crippen LogP contribution in [-0.2, 0) is 4.79 Å².